The number of halogens is 2. The van der Waals surface area contributed by atoms with Crippen LogP contribution in [0.2, 0.25) is 0 Å². The Morgan fingerprint density at radius 1 is 0.600 bits per heavy atom. The Morgan fingerprint density at radius 3 is 1.00 bits per heavy atom. The van der Waals surface area contributed by atoms with Gasteiger partial charge in [-0.1, -0.05) is 36.4 Å². The average Bonchev–Trinajstić information content (AvgIpc) is 2.55. The molecule has 0 unspecified atom stereocenters. The van der Waals surface area contributed by atoms with Crippen molar-refractivity contribution in [2.45, 2.75) is 0 Å². The molecule has 2 aromatic carbocycles. The Hall–Kier alpha value is -1.44. The Balaban J connectivity index is 0.000000443. The largest absolute Gasteiger partial charge is 2.00 e. The van der Waals surface area contributed by atoms with E-state index < -0.39 is 22.4 Å². The zero-order chi connectivity index (χ0) is 18.3. The molecule has 2 rings (SSSR count). The molecule has 0 N–H and O–H groups in total. The van der Waals surface area contributed by atoms with Crippen LogP contribution in [0.25, 0.3) is 0 Å². The van der Waals surface area contributed by atoms with E-state index in [2.05, 4.69) is 0 Å². The van der Waals surface area contributed by atoms with Gasteiger partial charge in [-0.3, -0.25) is 9.59 Å². The molecule has 0 saturated carbocycles. The van der Waals surface area contributed by atoms with E-state index in [0.29, 0.717) is 0 Å². The summed E-state index contributed by atoms with van der Waals surface area (Å²) in [6.45, 7) is 0. The Kier molecular flexibility index (Phi) is 10.6. The van der Waals surface area contributed by atoms with Crippen molar-refractivity contribution >= 4 is 83.4 Å². The molecule has 0 aromatic heterocycles. The van der Waals surface area contributed by atoms with Crippen molar-refractivity contribution in [2.24, 2.45) is 0 Å². The summed E-state index contributed by atoms with van der Waals surface area (Å²) in [4.78, 5) is 42.1. The summed E-state index contributed by atoms with van der Waals surface area (Å²) in [6, 6.07) is 11.3. The summed E-state index contributed by atoms with van der Waals surface area (Å²) in [5.74, 6) is -2.81. The van der Waals surface area contributed by atoms with E-state index in [1.165, 1.54) is 48.5 Å². The van der Waals surface area contributed by atoms with Gasteiger partial charge < -0.3 is 19.8 Å². The maximum atomic E-state index is 10.6. The number of carboxylic acid groups (broad SMARTS) is 2. The number of hydrogen-bond acceptors (Lipinski definition) is 6. The molecule has 9 heteroatoms. The standard InChI is InChI=1S/2C8H5ClO3.Ca/c2*9-7(10)5-3-1-2-4-6(5)8(11)12;/h2*1-4H,(H,11,12);/q;;+2/p-2. The van der Waals surface area contributed by atoms with Gasteiger partial charge >= 0.3 is 37.7 Å². The van der Waals surface area contributed by atoms with Gasteiger partial charge in [-0.2, -0.15) is 0 Å². The van der Waals surface area contributed by atoms with Gasteiger partial charge in [-0.05, 0) is 35.3 Å². The van der Waals surface area contributed by atoms with Gasteiger partial charge in [0.2, 0.25) is 0 Å². The summed E-state index contributed by atoms with van der Waals surface area (Å²) < 4.78 is 0. The second-order valence-electron chi connectivity index (χ2n) is 4.21. The number of hydrogen-bond donors (Lipinski definition) is 0. The third-order valence-corrected chi connectivity index (χ3v) is 3.12. The van der Waals surface area contributed by atoms with Gasteiger partial charge in [-0.25, -0.2) is 0 Å². The molecule has 0 amide bonds. The third kappa shape index (κ3) is 7.13. The quantitative estimate of drug-likeness (QED) is 0.538. The predicted octanol–water partition coefficient (Wildman–Crippen LogP) is 0.477. The van der Waals surface area contributed by atoms with Crippen LogP contribution in [0.1, 0.15) is 41.4 Å². The van der Waals surface area contributed by atoms with Crippen molar-refractivity contribution in [3.05, 3.63) is 70.8 Å². The number of carbonyl (C=O) groups is 4. The van der Waals surface area contributed by atoms with Crippen molar-refractivity contribution in [3.8, 4) is 0 Å². The van der Waals surface area contributed by atoms with Crippen LogP contribution >= 0.6 is 23.2 Å². The zero-order valence-corrected chi connectivity index (χ0v) is 16.3. The van der Waals surface area contributed by atoms with Crippen molar-refractivity contribution in [2.75, 3.05) is 0 Å². The number of rotatable bonds is 4. The van der Waals surface area contributed by atoms with E-state index in [1.807, 2.05) is 0 Å². The van der Waals surface area contributed by atoms with E-state index >= 15 is 0 Å². The summed E-state index contributed by atoms with van der Waals surface area (Å²) >= 11 is 10.2. The van der Waals surface area contributed by atoms with Crippen LogP contribution in [0.15, 0.2) is 48.5 Å². The second-order valence-corrected chi connectivity index (χ2v) is 4.90. The van der Waals surface area contributed by atoms with E-state index in [4.69, 9.17) is 23.2 Å². The molecule has 0 radical (unpaired) electrons. The molecule has 0 heterocycles. The molecular weight excluding hydrogens is 399 g/mol. The average molecular weight is 407 g/mol. The van der Waals surface area contributed by atoms with Crippen LogP contribution in [0, 0.1) is 0 Å². The minimum absolute atomic E-state index is 0. The Morgan fingerprint density at radius 2 is 0.840 bits per heavy atom. The summed E-state index contributed by atoms with van der Waals surface area (Å²) in [5.41, 5.74) is -0.451. The summed E-state index contributed by atoms with van der Waals surface area (Å²) in [6.07, 6.45) is 0. The SMILES string of the molecule is O=C([O-])c1ccccc1C(=O)Cl.O=C([O-])c1ccccc1C(=O)Cl.[Ca+2]. The molecule has 0 fully saturated rings. The summed E-state index contributed by atoms with van der Waals surface area (Å²) in [7, 11) is 0. The van der Waals surface area contributed by atoms with Crippen molar-refractivity contribution in [3.63, 3.8) is 0 Å². The minimum atomic E-state index is -1.40. The molecule has 0 aliphatic heterocycles. The van der Waals surface area contributed by atoms with E-state index in [-0.39, 0.29) is 60.0 Å². The van der Waals surface area contributed by atoms with Gasteiger partial charge in [0.1, 0.15) is 0 Å². The number of carboxylic acids is 2. The normalized spacial score (nSPS) is 9.04. The molecule has 6 nitrogen and oxygen atoms in total. The van der Waals surface area contributed by atoms with Crippen LogP contribution in [0.3, 0.4) is 0 Å². The molecule has 0 atom stereocenters. The number of aromatic carboxylic acids is 2. The van der Waals surface area contributed by atoms with Gasteiger partial charge in [-0.15, -0.1) is 0 Å². The first-order valence-corrected chi connectivity index (χ1v) is 7.01. The van der Waals surface area contributed by atoms with Crippen molar-refractivity contribution in [1.29, 1.82) is 0 Å². The van der Waals surface area contributed by atoms with Crippen LogP contribution < -0.4 is 10.2 Å². The molecular formula is C16H8CaCl2O6. The van der Waals surface area contributed by atoms with Crippen LogP contribution in [-0.4, -0.2) is 60.2 Å². The molecule has 2 aromatic rings. The first-order chi connectivity index (χ1) is 11.3. The zero-order valence-electron chi connectivity index (χ0n) is 12.5. The number of benzene rings is 2. The molecule has 0 bridgehead atoms. The molecule has 124 valence electrons. The van der Waals surface area contributed by atoms with E-state index in [1.54, 1.807) is 0 Å². The van der Waals surface area contributed by atoms with Crippen LogP contribution in [0.4, 0.5) is 0 Å². The van der Waals surface area contributed by atoms with Gasteiger partial charge in [0.05, 0.1) is 11.9 Å². The van der Waals surface area contributed by atoms with Gasteiger partial charge in [0, 0.05) is 22.3 Å². The summed E-state index contributed by atoms with van der Waals surface area (Å²) in [5, 5.41) is 19.2. The Labute approximate surface area is 182 Å². The molecule has 0 saturated heterocycles. The fraction of sp³-hybridized carbons (Fsp3) is 0. The molecule has 0 aliphatic carbocycles. The molecule has 0 spiro atoms. The van der Waals surface area contributed by atoms with E-state index in [9.17, 15) is 29.4 Å². The molecule has 25 heavy (non-hydrogen) atoms. The van der Waals surface area contributed by atoms with Crippen molar-refractivity contribution in [1.82, 2.24) is 0 Å². The van der Waals surface area contributed by atoms with E-state index in [0.717, 1.165) is 0 Å². The first-order valence-electron chi connectivity index (χ1n) is 6.26. The fourth-order valence-electron chi connectivity index (χ4n) is 1.67. The fourth-order valence-corrected chi connectivity index (χ4v) is 1.99. The van der Waals surface area contributed by atoms with Crippen molar-refractivity contribution < 1.29 is 29.4 Å². The maximum Gasteiger partial charge on any atom is 2.00 e. The van der Waals surface area contributed by atoms with Gasteiger partial charge in [0.15, 0.2) is 0 Å². The van der Waals surface area contributed by atoms with Gasteiger partial charge in [0.25, 0.3) is 10.5 Å². The minimum Gasteiger partial charge on any atom is -0.545 e. The number of carbonyl (C=O) groups excluding carboxylic acids is 4. The van der Waals surface area contributed by atoms with Crippen LogP contribution in [-0.2, 0) is 0 Å². The Bertz CT molecular complexity index is 673. The topological polar surface area (TPSA) is 114 Å². The maximum absolute atomic E-state index is 10.6. The third-order valence-electron chi connectivity index (χ3n) is 2.72. The predicted molar refractivity (Wildman–Crippen MR) is 87.7 cm³/mol. The molecule has 0 aliphatic rings. The first kappa shape index (κ1) is 23.6. The van der Waals surface area contributed by atoms with Crippen LogP contribution in [0.5, 0.6) is 0 Å². The smallest absolute Gasteiger partial charge is 0.545 e. The monoisotopic (exact) mass is 406 g/mol. The second kappa shape index (κ2) is 11.2.